The van der Waals surface area contributed by atoms with Gasteiger partial charge in [-0.25, -0.2) is 0 Å². The first kappa shape index (κ1) is 49.3. The van der Waals surface area contributed by atoms with Crippen LogP contribution < -0.4 is 0 Å². The van der Waals surface area contributed by atoms with Gasteiger partial charge in [0.2, 0.25) is 0 Å². The number of hydrogen-bond acceptors (Lipinski definition) is 16. The lowest BCUT2D eigenvalue weighted by atomic mass is 9.31. The zero-order chi connectivity index (χ0) is 46.7. The van der Waals surface area contributed by atoms with E-state index in [-0.39, 0.29) is 46.7 Å². The summed E-state index contributed by atoms with van der Waals surface area (Å²) in [5, 5.41) is 108. The van der Waals surface area contributed by atoms with Crippen LogP contribution in [0.1, 0.15) is 119 Å². The van der Waals surface area contributed by atoms with Crippen LogP contribution in [0.25, 0.3) is 0 Å². The Hall–Kier alpha value is -1.13. The van der Waals surface area contributed by atoms with Gasteiger partial charge in [0.05, 0.1) is 37.4 Å². The maximum absolute atomic E-state index is 13.2. The average molecular weight is 915 g/mol. The van der Waals surface area contributed by atoms with E-state index in [1.807, 2.05) is 0 Å². The molecule has 0 aromatic rings. The smallest absolute Gasteiger partial charge is 0.309 e. The molecule has 0 amide bonds. The Balaban J connectivity index is 1.04. The Morgan fingerprint density at radius 3 is 1.94 bits per heavy atom. The zero-order valence-electron chi connectivity index (χ0n) is 38.7. The molecule has 368 valence electrons. The van der Waals surface area contributed by atoms with Crippen LogP contribution >= 0.6 is 0 Å². The van der Waals surface area contributed by atoms with Crippen molar-refractivity contribution >= 4 is 5.97 Å². The van der Waals surface area contributed by atoms with Gasteiger partial charge in [0.25, 0.3) is 0 Å². The van der Waals surface area contributed by atoms with E-state index in [4.69, 9.17) is 28.4 Å². The maximum Gasteiger partial charge on any atom is 0.309 e. The Kier molecular flexibility index (Phi) is 13.4. The van der Waals surface area contributed by atoms with Gasteiger partial charge in [-0.1, -0.05) is 41.5 Å². The molecule has 5 saturated carbocycles. The summed E-state index contributed by atoms with van der Waals surface area (Å²) in [4.78, 5) is 13.2. The number of aliphatic hydroxyl groups is 9. The molecule has 0 aromatic heterocycles. The van der Waals surface area contributed by atoms with Crippen LogP contribution in [-0.2, 0) is 33.2 Å². The lowest BCUT2D eigenvalue weighted by Crippen LogP contribution is -2.69. The van der Waals surface area contributed by atoms with Crippen molar-refractivity contribution in [2.45, 2.75) is 211 Å². The van der Waals surface area contributed by atoms with Crippen molar-refractivity contribution < 1.29 is 84.3 Å². The molecule has 0 aromatic carbocycles. The SMILES string of the molecule is CC1OC(OC2C(O[C@H]3CC[C@]4(C)C(CC[C@]5(C)C4CC[C@H]4C6CC(C)(C)CC[C@]6(C(=O)O)CC[C@]45C)[C@]3(C)CO)OCC(OC3OC(CO)C(O)C(O)C3O)C2O)C(O)C(O)C1O. The van der Waals surface area contributed by atoms with Gasteiger partial charge in [-0.2, -0.15) is 0 Å². The van der Waals surface area contributed by atoms with Gasteiger partial charge < -0.3 is 79.5 Å². The van der Waals surface area contributed by atoms with Gasteiger partial charge in [0.15, 0.2) is 18.9 Å². The lowest BCUT2D eigenvalue weighted by Gasteiger charge is -2.73. The topological polar surface area (TPSA) is 275 Å². The molecular formula is C47H78O17. The van der Waals surface area contributed by atoms with E-state index in [9.17, 15) is 55.9 Å². The highest BCUT2D eigenvalue weighted by Crippen LogP contribution is 2.77. The number of aliphatic carboxylic acids is 1. The quantitative estimate of drug-likeness (QED) is 0.147. The summed E-state index contributed by atoms with van der Waals surface area (Å²) < 4.78 is 36.6. The first-order valence-electron chi connectivity index (χ1n) is 24.0. The number of ether oxygens (including phenoxy) is 6. The van der Waals surface area contributed by atoms with Crippen LogP contribution in [-0.4, -0.2) is 169 Å². The molecular weight excluding hydrogens is 837 g/mol. The minimum Gasteiger partial charge on any atom is -0.481 e. The molecule has 17 nitrogen and oxygen atoms in total. The standard InChI is InChI=1S/C47H78O17/c1-22-30(50)33(53)35(55)38(60-22)64-37-32(52)26(62-39-36(56)34(54)31(51)25(19-48)61-39)20-59-40(37)63-29-11-12-43(4)27(44(29,5)21-49)10-13-46(7)28(43)9-8-23-24-18-42(2,3)14-16-47(24,41(57)58)17-15-45(23,46)6/h22-40,48-56H,8-21H2,1-7H3,(H,57,58)/t22?,23-,24?,25?,26?,27?,28?,29-,30?,31?,32?,33?,34?,35?,36?,37?,38?,39?,40?,43+,44-,45+,46+,47-/m0/s1. The number of carboxylic acid groups (broad SMARTS) is 1. The first-order valence-corrected chi connectivity index (χ1v) is 24.0. The summed E-state index contributed by atoms with van der Waals surface area (Å²) in [6.45, 7) is 14.2. The third kappa shape index (κ3) is 7.56. The van der Waals surface area contributed by atoms with Crippen LogP contribution in [0.2, 0.25) is 0 Å². The Bertz CT molecular complexity index is 1680. The summed E-state index contributed by atoms with van der Waals surface area (Å²) in [5.74, 6) is 0.151. The molecule has 3 aliphatic heterocycles. The summed E-state index contributed by atoms with van der Waals surface area (Å²) in [7, 11) is 0. The number of rotatable bonds is 9. The van der Waals surface area contributed by atoms with E-state index in [0.717, 1.165) is 57.8 Å². The largest absolute Gasteiger partial charge is 0.481 e. The normalized spacial score (nSPS) is 56.2. The Morgan fingerprint density at radius 2 is 1.28 bits per heavy atom. The lowest BCUT2D eigenvalue weighted by molar-refractivity contribution is -0.382. The van der Waals surface area contributed by atoms with Gasteiger partial charge >= 0.3 is 5.97 Å². The molecule has 8 fully saturated rings. The van der Waals surface area contributed by atoms with Crippen molar-refractivity contribution in [3.8, 4) is 0 Å². The fourth-order valence-corrected chi connectivity index (χ4v) is 15.6. The van der Waals surface area contributed by atoms with Gasteiger partial charge in [-0.3, -0.25) is 4.79 Å². The van der Waals surface area contributed by atoms with Crippen molar-refractivity contribution in [1.82, 2.24) is 0 Å². The highest BCUT2D eigenvalue weighted by atomic mass is 16.8. The third-order valence-electron chi connectivity index (χ3n) is 19.7. The Labute approximate surface area is 376 Å². The van der Waals surface area contributed by atoms with Crippen molar-refractivity contribution in [2.24, 2.45) is 56.2 Å². The summed E-state index contributed by atoms with van der Waals surface area (Å²) in [6, 6.07) is 0. The number of carbonyl (C=O) groups is 1. The molecule has 8 rings (SSSR count). The molecule has 17 heteroatoms. The Morgan fingerprint density at radius 1 is 0.625 bits per heavy atom. The third-order valence-corrected chi connectivity index (χ3v) is 19.7. The molecule has 3 heterocycles. The van der Waals surface area contributed by atoms with E-state index < -0.39 is 116 Å². The van der Waals surface area contributed by atoms with E-state index in [1.54, 1.807) is 0 Å². The van der Waals surface area contributed by atoms with Crippen LogP contribution in [0.4, 0.5) is 0 Å². The fourth-order valence-electron chi connectivity index (χ4n) is 15.6. The molecule has 8 aliphatic rings. The molecule has 64 heavy (non-hydrogen) atoms. The second-order valence-electron chi connectivity index (χ2n) is 23.3. The van der Waals surface area contributed by atoms with Gasteiger partial charge in [0, 0.05) is 5.41 Å². The van der Waals surface area contributed by atoms with Crippen molar-refractivity contribution in [1.29, 1.82) is 0 Å². The highest BCUT2D eigenvalue weighted by molar-refractivity contribution is 5.75. The molecule has 5 aliphatic carbocycles. The second-order valence-corrected chi connectivity index (χ2v) is 23.3. The zero-order valence-corrected chi connectivity index (χ0v) is 38.7. The van der Waals surface area contributed by atoms with Crippen molar-refractivity contribution in [2.75, 3.05) is 19.8 Å². The minimum atomic E-state index is -1.77. The summed E-state index contributed by atoms with van der Waals surface area (Å²) in [6.07, 6.45) is -12.6. The predicted molar refractivity (Wildman–Crippen MR) is 225 cm³/mol. The number of hydrogen-bond donors (Lipinski definition) is 10. The average Bonchev–Trinajstić information content (AvgIpc) is 3.24. The summed E-state index contributed by atoms with van der Waals surface area (Å²) in [5.41, 5.74) is -1.66. The molecule has 10 N–H and O–H groups in total. The van der Waals surface area contributed by atoms with E-state index in [0.29, 0.717) is 24.7 Å². The van der Waals surface area contributed by atoms with Crippen LogP contribution in [0.5, 0.6) is 0 Å². The number of aliphatic hydroxyl groups excluding tert-OH is 9. The van der Waals surface area contributed by atoms with Crippen molar-refractivity contribution in [3.05, 3.63) is 0 Å². The molecule has 0 spiro atoms. The van der Waals surface area contributed by atoms with Gasteiger partial charge in [0.1, 0.15) is 61.0 Å². The molecule has 3 saturated heterocycles. The maximum atomic E-state index is 13.2. The fraction of sp³-hybridized carbons (Fsp3) is 0.979. The van der Waals surface area contributed by atoms with E-state index in [2.05, 4.69) is 41.5 Å². The van der Waals surface area contributed by atoms with Crippen molar-refractivity contribution in [3.63, 3.8) is 0 Å². The van der Waals surface area contributed by atoms with Crippen LogP contribution in [0.15, 0.2) is 0 Å². The van der Waals surface area contributed by atoms with Crippen LogP contribution in [0.3, 0.4) is 0 Å². The molecule has 0 bridgehead atoms. The van der Waals surface area contributed by atoms with Gasteiger partial charge in [-0.05, 0) is 123 Å². The van der Waals surface area contributed by atoms with Crippen LogP contribution in [0, 0.1) is 56.2 Å². The van der Waals surface area contributed by atoms with E-state index >= 15 is 0 Å². The number of carboxylic acids is 1. The monoisotopic (exact) mass is 915 g/mol. The minimum absolute atomic E-state index is 0.0217. The summed E-state index contributed by atoms with van der Waals surface area (Å²) >= 11 is 0. The first-order chi connectivity index (χ1) is 29.9. The van der Waals surface area contributed by atoms with Gasteiger partial charge in [-0.15, -0.1) is 0 Å². The predicted octanol–water partition coefficient (Wildman–Crippen LogP) is 1.43. The second kappa shape index (κ2) is 17.4. The number of fused-ring (bicyclic) bond motifs is 7. The van der Waals surface area contributed by atoms with E-state index in [1.165, 1.54) is 6.92 Å². The highest BCUT2D eigenvalue weighted by Gasteiger charge is 2.72. The molecule has 24 atom stereocenters. The molecule has 0 radical (unpaired) electrons. The molecule has 17 unspecified atom stereocenters.